The van der Waals surface area contributed by atoms with E-state index in [1.165, 1.54) is 5.56 Å². The summed E-state index contributed by atoms with van der Waals surface area (Å²) in [5.74, 6) is 1.57. The van der Waals surface area contributed by atoms with Gasteiger partial charge in [0, 0.05) is 45.8 Å². The van der Waals surface area contributed by atoms with Gasteiger partial charge < -0.3 is 18.8 Å². The van der Waals surface area contributed by atoms with Crippen molar-refractivity contribution in [3.63, 3.8) is 0 Å². The standard InChI is InChI=1S/C24H32N4O3/c1-29-23-8-7-20(17-24(23)30-2)18-27-11-9-26(10-12-27)13-15-31-16-14-28-19-25-21-5-3-4-6-22(21)28/h3-8,17,19H,9-16,18H2,1-2H3. The highest BCUT2D eigenvalue weighted by Crippen LogP contribution is 2.28. The van der Waals surface area contributed by atoms with Crippen LogP contribution in [0.1, 0.15) is 5.56 Å². The van der Waals surface area contributed by atoms with E-state index in [-0.39, 0.29) is 0 Å². The number of imidazole rings is 1. The van der Waals surface area contributed by atoms with Crippen LogP contribution in [-0.2, 0) is 17.8 Å². The number of nitrogens with zero attached hydrogens (tertiary/aromatic N) is 4. The number of aromatic nitrogens is 2. The Morgan fingerprint density at radius 2 is 1.58 bits per heavy atom. The first-order chi connectivity index (χ1) is 15.3. The van der Waals surface area contributed by atoms with Crippen LogP contribution in [-0.4, -0.2) is 79.5 Å². The molecule has 7 nitrogen and oxygen atoms in total. The second-order valence-electron chi connectivity index (χ2n) is 7.85. The zero-order valence-electron chi connectivity index (χ0n) is 18.5. The lowest BCUT2D eigenvalue weighted by Gasteiger charge is -2.34. The first kappa shape index (κ1) is 21.6. The van der Waals surface area contributed by atoms with Gasteiger partial charge in [0.15, 0.2) is 11.5 Å². The largest absolute Gasteiger partial charge is 0.493 e. The van der Waals surface area contributed by atoms with Crippen molar-refractivity contribution < 1.29 is 14.2 Å². The van der Waals surface area contributed by atoms with Gasteiger partial charge in [-0.1, -0.05) is 18.2 Å². The van der Waals surface area contributed by atoms with Gasteiger partial charge >= 0.3 is 0 Å². The van der Waals surface area contributed by atoms with Crippen molar-refractivity contribution in [3.05, 3.63) is 54.4 Å². The van der Waals surface area contributed by atoms with Crippen LogP contribution >= 0.6 is 0 Å². The number of para-hydroxylation sites is 2. The number of benzene rings is 2. The Bertz CT molecular complexity index is 966. The molecule has 3 aromatic rings. The van der Waals surface area contributed by atoms with Gasteiger partial charge in [-0.2, -0.15) is 0 Å². The molecule has 1 saturated heterocycles. The van der Waals surface area contributed by atoms with Crippen LogP contribution in [0.3, 0.4) is 0 Å². The molecule has 7 heteroatoms. The number of fused-ring (bicyclic) bond motifs is 1. The smallest absolute Gasteiger partial charge is 0.161 e. The van der Waals surface area contributed by atoms with E-state index in [1.807, 2.05) is 30.6 Å². The lowest BCUT2D eigenvalue weighted by molar-refractivity contribution is 0.0707. The molecule has 0 amide bonds. The molecular weight excluding hydrogens is 392 g/mol. The Hall–Kier alpha value is -2.61. The van der Waals surface area contributed by atoms with Crippen LogP contribution in [0.4, 0.5) is 0 Å². The van der Waals surface area contributed by atoms with Gasteiger partial charge in [0.1, 0.15) is 0 Å². The molecule has 4 rings (SSSR count). The fraction of sp³-hybridized carbons (Fsp3) is 0.458. The maximum Gasteiger partial charge on any atom is 0.161 e. The van der Waals surface area contributed by atoms with Crippen LogP contribution in [0.2, 0.25) is 0 Å². The molecule has 166 valence electrons. The van der Waals surface area contributed by atoms with E-state index in [1.54, 1.807) is 14.2 Å². The average Bonchev–Trinajstić information content (AvgIpc) is 3.23. The summed E-state index contributed by atoms with van der Waals surface area (Å²) in [5, 5.41) is 0. The van der Waals surface area contributed by atoms with Crippen LogP contribution < -0.4 is 9.47 Å². The molecule has 0 radical (unpaired) electrons. The zero-order chi connectivity index (χ0) is 21.5. The SMILES string of the molecule is COc1ccc(CN2CCN(CCOCCn3cnc4ccccc43)CC2)cc1OC. The monoisotopic (exact) mass is 424 g/mol. The Kier molecular flexibility index (Phi) is 7.40. The molecule has 0 aliphatic carbocycles. The van der Waals surface area contributed by atoms with Crippen LogP contribution in [0.15, 0.2) is 48.8 Å². The van der Waals surface area contributed by atoms with Crippen molar-refractivity contribution in [2.24, 2.45) is 0 Å². The van der Waals surface area contributed by atoms with Gasteiger partial charge in [0.05, 0.1) is 44.8 Å². The summed E-state index contributed by atoms with van der Waals surface area (Å²) < 4.78 is 18.8. The summed E-state index contributed by atoms with van der Waals surface area (Å²) in [4.78, 5) is 9.40. The summed E-state index contributed by atoms with van der Waals surface area (Å²) in [5.41, 5.74) is 3.45. The molecule has 0 unspecified atom stereocenters. The van der Waals surface area contributed by atoms with Gasteiger partial charge in [0.25, 0.3) is 0 Å². The predicted octanol–water partition coefficient (Wildman–Crippen LogP) is 2.89. The molecule has 0 bridgehead atoms. The molecule has 0 spiro atoms. The van der Waals surface area contributed by atoms with Crippen molar-refractivity contribution in [1.82, 2.24) is 19.4 Å². The summed E-state index contributed by atoms with van der Waals surface area (Å²) in [7, 11) is 3.35. The van der Waals surface area contributed by atoms with Crippen molar-refractivity contribution in [2.45, 2.75) is 13.1 Å². The molecule has 1 aliphatic rings. The predicted molar refractivity (Wildman–Crippen MR) is 122 cm³/mol. The molecule has 2 heterocycles. The minimum atomic E-state index is 0.708. The summed E-state index contributed by atoms with van der Waals surface area (Å²) in [6.45, 7) is 8.50. The number of hydrogen-bond acceptors (Lipinski definition) is 6. The fourth-order valence-electron chi connectivity index (χ4n) is 4.06. The van der Waals surface area contributed by atoms with Crippen molar-refractivity contribution in [1.29, 1.82) is 0 Å². The lowest BCUT2D eigenvalue weighted by Crippen LogP contribution is -2.46. The zero-order valence-corrected chi connectivity index (χ0v) is 18.5. The van der Waals surface area contributed by atoms with Gasteiger partial charge in [0.2, 0.25) is 0 Å². The lowest BCUT2D eigenvalue weighted by atomic mass is 10.1. The third kappa shape index (κ3) is 5.55. The third-order valence-corrected chi connectivity index (χ3v) is 5.87. The first-order valence-electron chi connectivity index (χ1n) is 10.9. The molecule has 0 atom stereocenters. The normalized spacial score (nSPS) is 15.4. The van der Waals surface area contributed by atoms with E-state index < -0.39 is 0 Å². The molecule has 1 aromatic heterocycles. The van der Waals surface area contributed by atoms with E-state index in [2.05, 4.69) is 37.5 Å². The van der Waals surface area contributed by atoms with E-state index >= 15 is 0 Å². The second kappa shape index (κ2) is 10.6. The topological polar surface area (TPSA) is 52.0 Å². The number of piperazine rings is 1. The molecule has 31 heavy (non-hydrogen) atoms. The molecular formula is C24H32N4O3. The summed E-state index contributed by atoms with van der Waals surface area (Å²) in [6.07, 6.45) is 1.89. The van der Waals surface area contributed by atoms with Crippen molar-refractivity contribution in [2.75, 3.05) is 60.2 Å². The Labute approximate surface area is 184 Å². The molecule has 0 N–H and O–H groups in total. The minimum Gasteiger partial charge on any atom is -0.493 e. The van der Waals surface area contributed by atoms with E-state index in [9.17, 15) is 0 Å². The first-order valence-corrected chi connectivity index (χ1v) is 10.9. The summed E-state index contributed by atoms with van der Waals surface area (Å²) in [6, 6.07) is 14.4. The van der Waals surface area contributed by atoms with E-state index in [0.717, 1.165) is 75.0 Å². The molecule has 1 fully saturated rings. The van der Waals surface area contributed by atoms with E-state index in [0.29, 0.717) is 6.61 Å². The highest BCUT2D eigenvalue weighted by Gasteiger charge is 2.17. The van der Waals surface area contributed by atoms with Gasteiger partial charge in [-0.3, -0.25) is 9.80 Å². The quantitative estimate of drug-likeness (QED) is 0.467. The second-order valence-corrected chi connectivity index (χ2v) is 7.85. The van der Waals surface area contributed by atoms with E-state index in [4.69, 9.17) is 14.2 Å². The van der Waals surface area contributed by atoms with Crippen molar-refractivity contribution >= 4 is 11.0 Å². The van der Waals surface area contributed by atoms with Gasteiger partial charge in [-0.25, -0.2) is 4.98 Å². The molecule has 2 aromatic carbocycles. The van der Waals surface area contributed by atoms with Crippen LogP contribution in [0, 0.1) is 0 Å². The summed E-state index contributed by atoms with van der Waals surface area (Å²) >= 11 is 0. The highest BCUT2D eigenvalue weighted by atomic mass is 16.5. The number of methoxy groups -OCH3 is 2. The number of hydrogen-bond donors (Lipinski definition) is 0. The van der Waals surface area contributed by atoms with Crippen molar-refractivity contribution in [3.8, 4) is 11.5 Å². The number of ether oxygens (including phenoxy) is 3. The minimum absolute atomic E-state index is 0.708. The molecule has 0 saturated carbocycles. The Morgan fingerprint density at radius 1 is 0.839 bits per heavy atom. The Morgan fingerprint density at radius 3 is 2.39 bits per heavy atom. The molecule has 1 aliphatic heterocycles. The van der Waals surface area contributed by atoms with Gasteiger partial charge in [-0.15, -0.1) is 0 Å². The van der Waals surface area contributed by atoms with Crippen LogP contribution in [0.5, 0.6) is 11.5 Å². The fourth-order valence-corrected chi connectivity index (χ4v) is 4.06. The maximum atomic E-state index is 5.90. The van der Waals surface area contributed by atoms with Crippen LogP contribution in [0.25, 0.3) is 11.0 Å². The highest BCUT2D eigenvalue weighted by molar-refractivity contribution is 5.74. The number of rotatable bonds is 10. The van der Waals surface area contributed by atoms with Gasteiger partial charge in [-0.05, 0) is 29.8 Å². The Balaban J connectivity index is 1.14. The average molecular weight is 425 g/mol. The third-order valence-electron chi connectivity index (χ3n) is 5.87. The maximum absolute atomic E-state index is 5.90.